The molecule has 0 spiro atoms. The molecule has 1 N–H and O–H groups in total. The van der Waals surface area contributed by atoms with Crippen LogP contribution in [0.5, 0.6) is 0 Å². The van der Waals surface area contributed by atoms with E-state index in [2.05, 4.69) is 0 Å². The van der Waals surface area contributed by atoms with Crippen molar-refractivity contribution in [2.45, 2.75) is 4.90 Å². The van der Waals surface area contributed by atoms with Gasteiger partial charge in [0, 0.05) is 19.7 Å². The molecule has 2 aromatic rings. The van der Waals surface area contributed by atoms with Gasteiger partial charge in [-0.1, -0.05) is 24.3 Å². The van der Waals surface area contributed by atoms with Crippen molar-refractivity contribution in [1.82, 2.24) is 4.31 Å². The third kappa shape index (κ3) is 2.86. The van der Waals surface area contributed by atoms with Gasteiger partial charge in [-0.3, -0.25) is 0 Å². The molecule has 0 saturated carbocycles. The number of nitrogens with zero attached hydrogens (tertiary/aromatic N) is 1. The number of hydrogen-bond acceptors (Lipinski definition) is 3. The van der Waals surface area contributed by atoms with Crippen molar-refractivity contribution in [2.75, 3.05) is 14.1 Å². The quantitative estimate of drug-likeness (QED) is 0.938. The van der Waals surface area contributed by atoms with Crippen molar-refractivity contribution < 1.29 is 22.7 Å². The Kier molecular flexibility index (Phi) is 4.30. The fraction of sp³-hybridized carbons (Fsp3) is 0.133. The maximum atomic E-state index is 13.5. The molecule has 0 aliphatic carbocycles. The first-order valence-corrected chi connectivity index (χ1v) is 7.74. The van der Waals surface area contributed by atoms with Crippen LogP contribution in [0, 0.1) is 5.82 Å². The van der Waals surface area contributed by atoms with Crippen LogP contribution in [0.15, 0.2) is 47.4 Å². The maximum Gasteiger partial charge on any atom is 0.338 e. The number of carboxylic acids is 1. The third-order valence-corrected chi connectivity index (χ3v) is 5.03. The topological polar surface area (TPSA) is 74.7 Å². The Bertz CT molecular complexity index is 831. The molecular formula is C15H14FNO4S. The molecule has 7 heteroatoms. The third-order valence-electron chi connectivity index (χ3n) is 3.15. The number of aromatic carboxylic acids is 1. The Hall–Kier alpha value is -2.25. The zero-order chi connectivity index (χ0) is 16.5. The molecule has 0 fully saturated rings. The monoisotopic (exact) mass is 323 g/mol. The lowest BCUT2D eigenvalue weighted by molar-refractivity contribution is 0.0692. The summed E-state index contributed by atoms with van der Waals surface area (Å²) in [5, 5.41) is 8.99. The molecule has 0 aromatic heterocycles. The summed E-state index contributed by atoms with van der Waals surface area (Å²) in [5.74, 6) is -2.28. The summed E-state index contributed by atoms with van der Waals surface area (Å²) >= 11 is 0. The highest BCUT2D eigenvalue weighted by Crippen LogP contribution is 2.29. The molecule has 0 heterocycles. The second-order valence-electron chi connectivity index (χ2n) is 4.78. The molecule has 0 radical (unpaired) electrons. The van der Waals surface area contributed by atoms with Crippen molar-refractivity contribution in [1.29, 1.82) is 0 Å². The van der Waals surface area contributed by atoms with E-state index >= 15 is 0 Å². The van der Waals surface area contributed by atoms with Crippen LogP contribution in [-0.2, 0) is 10.0 Å². The first kappa shape index (κ1) is 16.1. The van der Waals surface area contributed by atoms with E-state index in [-0.39, 0.29) is 4.90 Å². The zero-order valence-corrected chi connectivity index (χ0v) is 12.8. The van der Waals surface area contributed by atoms with Crippen molar-refractivity contribution in [3.63, 3.8) is 0 Å². The van der Waals surface area contributed by atoms with Gasteiger partial charge in [-0.15, -0.1) is 0 Å². The molecule has 0 unspecified atom stereocenters. The smallest absolute Gasteiger partial charge is 0.338 e. The first-order chi connectivity index (χ1) is 10.2. The fourth-order valence-corrected chi connectivity index (χ4v) is 3.09. The van der Waals surface area contributed by atoms with Crippen molar-refractivity contribution in [2.24, 2.45) is 0 Å². The molecule has 0 amide bonds. The SMILES string of the molecule is CN(C)S(=O)(=O)c1ccccc1-c1ccc(F)c(C(=O)O)c1. The van der Waals surface area contributed by atoms with Gasteiger partial charge in [-0.05, 0) is 23.8 Å². The van der Waals surface area contributed by atoms with Gasteiger partial charge >= 0.3 is 5.97 Å². The van der Waals surface area contributed by atoms with E-state index in [4.69, 9.17) is 5.11 Å². The van der Waals surface area contributed by atoms with Crippen LogP contribution in [0.2, 0.25) is 0 Å². The zero-order valence-electron chi connectivity index (χ0n) is 11.9. The molecule has 0 atom stereocenters. The molecule has 116 valence electrons. The minimum atomic E-state index is -3.71. The largest absolute Gasteiger partial charge is 0.478 e. The lowest BCUT2D eigenvalue weighted by atomic mass is 10.0. The lowest BCUT2D eigenvalue weighted by Gasteiger charge is -2.15. The van der Waals surface area contributed by atoms with E-state index in [1.54, 1.807) is 18.2 Å². The number of halogens is 1. The lowest BCUT2D eigenvalue weighted by Crippen LogP contribution is -2.22. The minimum absolute atomic E-state index is 0.0305. The highest BCUT2D eigenvalue weighted by Gasteiger charge is 2.22. The van der Waals surface area contributed by atoms with E-state index in [0.29, 0.717) is 11.1 Å². The second kappa shape index (κ2) is 5.86. The molecule has 22 heavy (non-hydrogen) atoms. The van der Waals surface area contributed by atoms with Gasteiger partial charge in [0.1, 0.15) is 5.82 Å². The average molecular weight is 323 g/mol. The number of hydrogen-bond donors (Lipinski definition) is 1. The standard InChI is InChI=1S/C15H14FNO4S/c1-17(2)22(20,21)14-6-4-3-5-11(14)10-7-8-13(16)12(9-10)15(18)19/h3-9H,1-2H3,(H,18,19). The van der Waals surface area contributed by atoms with Crippen molar-refractivity contribution >= 4 is 16.0 Å². The normalized spacial score (nSPS) is 11.6. The van der Waals surface area contributed by atoms with E-state index in [9.17, 15) is 17.6 Å². The van der Waals surface area contributed by atoms with Crippen LogP contribution >= 0.6 is 0 Å². The predicted molar refractivity (Wildman–Crippen MR) is 79.7 cm³/mol. The second-order valence-corrected chi connectivity index (χ2v) is 6.90. The van der Waals surface area contributed by atoms with E-state index < -0.39 is 27.4 Å². The number of benzene rings is 2. The van der Waals surface area contributed by atoms with E-state index in [1.165, 1.54) is 26.2 Å². The average Bonchev–Trinajstić information content (AvgIpc) is 2.47. The molecule has 0 aliphatic heterocycles. The number of rotatable bonds is 4. The molecule has 2 rings (SSSR count). The van der Waals surface area contributed by atoms with Crippen LogP contribution in [0.25, 0.3) is 11.1 Å². The minimum Gasteiger partial charge on any atom is -0.478 e. The van der Waals surface area contributed by atoms with E-state index in [1.807, 2.05) is 0 Å². The van der Waals surface area contributed by atoms with Gasteiger partial charge in [-0.2, -0.15) is 0 Å². The van der Waals surface area contributed by atoms with Gasteiger partial charge in [-0.25, -0.2) is 21.9 Å². The number of carbonyl (C=O) groups is 1. The Morgan fingerprint density at radius 2 is 1.77 bits per heavy atom. The molecular weight excluding hydrogens is 309 g/mol. The Balaban J connectivity index is 2.70. The van der Waals surface area contributed by atoms with Gasteiger partial charge in [0.15, 0.2) is 0 Å². The molecule has 5 nitrogen and oxygen atoms in total. The fourth-order valence-electron chi connectivity index (χ4n) is 1.98. The summed E-state index contributed by atoms with van der Waals surface area (Å²) < 4.78 is 39.2. The molecule has 2 aromatic carbocycles. The Morgan fingerprint density at radius 3 is 2.36 bits per heavy atom. The summed E-state index contributed by atoms with van der Waals surface area (Å²) in [6, 6.07) is 9.67. The summed E-state index contributed by atoms with van der Waals surface area (Å²) in [6.45, 7) is 0. The Morgan fingerprint density at radius 1 is 1.14 bits per heavy atom. The number of carboxylic acid groups (broad SMARTS) is 1. The highest BCUT2D eigenvalue weighted by atomic mass is 32.2. The molecule has 0 saturated heterocycles. The summed E-state index contributed by atoms with van der Waals surface area (Å²) in [5.41, 5.74) is 0.132. The summed E-state index contributed by atoms with van der Waals surface area (Å²) in [4.78, 5) is 11.1. The van der Waals surface area contributed by atoms with Gasteiger partial charge in [0.2, 0.25) is 10.0 Å². The first-order valence-electron chi connectivity index (χ1n) is 6.30. The van der Waals surface area contributed by atoms with Crippen LogP contribution in [0.3, 0.4) is 0 Å². The van der Waals surface area contributed by atoms with Crippen molar-refractivity contribution in [3.8, 4) is 11.1 Å². The summed E-state index contributed by atoms with van der Waals surface area (Å²) in [7, 11) is -0.902. The van der Waals surface area contributed by atoms with Gasteiger partial charge in [0.05, 0.1) is 10.5 Å². The van der Waals surface area contributed by atoms with Crippen molar-refractivity contribution in [3.05, 3.63) is 53.8 Å². The van der Waals surface area contributed by atoms with Gasteiger partial charge < -0.3 is 5.11 Å². The van der Waals surface area contributed by atoms with Crippen LogP contribution in [-0.4, -0.2) is 37.9 Å². The van der Waals surface area contributed by atoms with Gasteiger partial charge in [0.25, 0.3) is 0 Å². The maximum absolute atomic E-state index is 13.5. The predicted octanol–water partition coefficient (Wildman–Crippen LogP) is 2.44. The van der Waals surface area contributed by atoms with Crippen LogP contribution < -0.4 is 0 Å². The summed E-state index contributed by atoms with van der Waals surface area (Å²) in [6.07, 6.45) is 0. The molecule has 0 bridgehead atoms. The van der Waals surface area contributed by atoms with E-state index in [0.717, 1.165) is 16.4 Å². The molecule has 0 aliphatic rings. The van der Waals surface area contributed by atoms with Crippen LogP contribution in [0.1, 0.15) is 10.4 Å². The van der Waals surface area contributed by atoms with Crippen LogP contribution in [0.4, 0.5) is 4.39 Å². The Labute approximate surface area is 127 Å². The highest BCUT2D eigenvalue weighted by molar-refractivity contribution is 7.89. The number of sulfonamides is 1.